The van der Waals surface area contributed by atoms with Gasteiger partial charge in [-0.1, -0.05) is 6.07 Å². The summed E-state index contributed by atoms with van der Waals surface area (Å²) in [7, 11) is 4.73. The molecule has 3 aromatic heterocycles. The van der Waals surface area contributed by atoms with Gasteiger partial charge < -0.3 is 29.4 Å². The summed E-state index contributed by atoms with van der Waals surface area (Å²) in [5.41, 5.74) is 3.82. The van der Waals surface area contributed by atoms with Gasteiger partial charge in [0.15, 0.2) is 28.5 Å². The summed E-state index contributed by atoms with van der Waals surface area (Å²) in [6, 6.07) is 13.7. The Morgan fingerprint density at radius 1 is 0.833 bits per heavy atom. The van der Waals surface area contributed by atoms with Crippen LogP contribution >= 0.6 is 0 Å². The summed E-state index contributed by atoms with van der Waals surface area (Å²) in [6.07, 6.45) is 3.55. The number of fused-ring (bicyclic) bond motifs is 2. The highest BCUT2D eigenvalue weighted by atomic mass is 16.5. The minimum Gasteiger partial charge on any atom is -0.493 e. The molecule has 0 saturated carbocycles. The molecule has 0 bridgehead atoms. The van der Waals surface area contributed by atoms with Crippen molar-refractivity contribution < 1.29 is 14.2 Å². The standard InChI is InChI=1S/C26H27N7O3/c1-15(2)33-14-28-22-24(29-18-12-20(34-3)23(36-5)21(13-18)35-4)31-26(32-25(22)33)30-17-8-9-19-16(11-17)7-6-10-27-19/h6-15H,1-5H3,(H2,29,30,31,32). The van der Waals surface area contributed by atoms with E-state index in [0.717, 1.165) is 16.6 Å². The van der Waals surface area contributed by atoms with Crippen LogP contribution in [0.1, 0.15) is 19.9 Å². The number of methoxy groups -OCH3 is 3. The second-order valence-electron chi connectivity index (χ2n) is 8.39. The molecule has 2 aromatic carbocycles. The highest BCUT2D eigenvalue weighted by Gasteiger charge is 2.18. The second kappa shape index (κ2) is 9.57. The first-order valence-electron chi connectivity index (χ1n) is 11.4. The summed E-state index contributed by atoms with van der Waals surface area (Å²) < 4.78 is 18.5. The molecule has 3 heterocycles. The van der Waals surface area contributed by atoms with Crippen LogP contribution in [0.2, 0.25) is 0 Å². The number of benzene rings is 2. The maximum Gasteiger partial charge on any atom is 0.231 e. The zero-order valence-corrected chi connectivity index (χ0v) is 20.7. The number of pyridine rings is 1. The van der Waals surface area contributed by atoms with Crippen molar-refractivity contribution in [2.45, 2.75) is 19.9 Å². The van der Waals surface area contributed by atoms with Crippen LogP contribution in [0.3, 0.4) is 0 Å². The third-order valence-electron chi connectivity index (χ3n) is 5.76. The first-order valence-corrected chi connectivity index (χ1v) is 11.4. The number of aromatic nitrogens is 5. The quantitative estimate of drug-likeness (QED) is 0.296. The van der Waals surface area contributed by atoms with Gasteiger partial charge in [0, 0.05) is 41.1 Å². The highest BCUT2D eigenvalue weighted by molar-refractivity contribution is 5.88. The third kappa shape index (κ3) is 4.28. The molecule has 0 amide bonds. The zero-order chi connectivity index (χ0) is 25.2. The summed E-state index contributed by atoms with van der Waals surface area (Å²) in [4.78, 5) is 18.5. The molecule has 36 heavy (non-hydrogen) atoms. The zero-order valence-electron chi connectivity index (χ0n) is 20.7. The number of nitrogens with one attached hydrogen (secondary N) is 2. The molecular weight excluding hydrogens is 458 g/mol. The maximum absolute atomic E-state index is 5.50. The van der Waals surface area contributed by atoms with E-state index < -0.39 is 0 Å². The van der Waals surface area contributed by atoms with Crippen LogP contribution in [0.4, 0.5) is 23.1 Å². The van der Waals surface area contributed by atoms with Crippen molar-refractivity contribution in [2.75, 3.05) is 32.0 Å². The molecule has 2 N–H and O–H groups in total. The van der Waals surface area contributed by atoms with Crippen LogP contribution in [0.5, 0.6) is 17.2 Å². The normalized spacial score (nSPS) is 11.2. The fourth-order valence-electron chi connectivity index (χ4n) is 4.01. The number of ether oxygens (including phenoxy) is 3. The van der Waals surface area contributed by atoms with Gasteiger partial charge in [0.05, 0.1) is 33.2 Å². The third-order valence-corrected chi connectivity index (χ3v) is 5.76. The fourth-order valence-corrected chi connectivity index (χ4v) is 4.01. The molecule has 0 atom stereocenters. The van der Waals surface area contributed by atoms with Crippen molar-refractivity contribution in [1.29, 1.82) is 0 Å². The van der Waals surface area contributed by atoms with E-state index in [-0.39, 0.29) is 6.04 Å². The van der Waals surface area contributed by atoms with Crippen LogP contribution < -0.4 is 24.8 Å². The van der Waals surface area contributed by atoms with E-state index in [4.69, 9.17) is 24.2 Å². The number of hydrogen-bond donors (Lipinski definition) is 2. The minimum absolute atomic E-state index is 0.165. The number of anilines is 4. The van der Waals surface area contributed by atoms with Gasteiger partial charge in [-0.3, -0.25) is 4.98 Å². The van der Waals surface area contributed by atoms with Crippen LogP contribution in [0, 0.1) is 0 Å². The topological polar surface area (TPSA) is 108 Å². The first-order chi connectivity index (χ1) is 17.5. The summed E-state index contributed by atoms with van der Waals surface area (Å²) in [6.45, 7) is 4.16. The predicted octanol–water partition coefficient (Wildman–Crippen LogP) is 5.47. The van der Waals surface area contributed by atoms with Crippen molar-refractivity contribution in [3.05, 3.63) is 55.0 Å². The van der Waals surface area contributed by atoms with Crippen molar-refractivity contribution in [1.82, 2.24) is 24.5 Å². The van der Waals surface area contributed by atoms with Crippen LogP contribution in [-0.2, 0) is 0 Å². The number of hydrogen-bond acceptors (Lipinski definition) is 9. The fraction of sp³-hybridized carbons (Fsp3) is 0.231. The Bertz CT molecular complexity index is 1520. The van der Waals surface area contributed by atoms with E-state index in [1.807, 2.05) is 47.0 Å². The monoisotopic (exact) mass is 485 g/mol. The molecule has 184 valence electrons. The minimum atomic E-state index is 0.165. The first kappa shape index (κ1) is 23.2. The van der Waals surface area contributed by atoms with E-state index in [0.29, 0.717) is 45.9 Å². The van der Waals surface area contributed by atoms with Crippen LogP contribution in [-0.4, -0.2) is 45.8 Å². The molecule has 10 heteroatoms. The number of imidazole rings is 1. The largest absolute Gasteiger partial charge is 0.493 e. The Morgan fingerprint density at radius 3 is 2.31 bits per heavy atom. The van der Waals surface area contributed by atoms with Gasteiger partial charge in [0.2, 0.25) is 11.7 Å². The van der Waals surface area contributed by atoms with E-state index >= 15 is 0 Å². The number of nitrogens with zero attached hydrogens (tertiary/aromatic N) is 5. The molecule has 0 saturated heterocycles. The molecule has 0 unspecified atom stereocenters. The van der Waals surface area contributed by atoms with Gasteiger partial charge in [-0.15, -0.1) is 0 Å². The lowest BCUT2D eigenvalue weighted by atomic mass is 10.2. The smallest absolute Gasteiger partial charge is 0.231 e. The van der Waals surface area contributed by atoms with Gasteiger partial charge >= 0.3 is 0 Å². The Labute approximate surface area is 208 Å². The van der Waals surface area contributed by atoms with Crippen molar-refractivity contribution in [3.8, 4) is 17.2 Å². The maximum atomic E-state index is 5.50. The SMILES string of the molecule is COc1cc(Nc2nc(Nc3ccc4ncccc4c3)nc3c2ncn3C(C)C)cc(OC)c1OC. The molecule has 0 aliphatic heterocycles. The molecule has 10 nitrogen and oxygen atoms in total. The Morgan fingerprint density at radius 2 is 1.61 bits per heavy atom. The van der Waals surface area contributed by atoms with Gasteiger partial charge in [-0.05, 0) is 38.1 Å². The molecule has 0 radical (unpaired) electrons. The molecular formula is C26H27N7O3. The van der Waals surface area contributed by atoms with E-state index in [1.54, 1.807) is 33.9 Å². The van der Waals surface area contributed by atoms with Gasteiger partial charge in [0.1, 0.15) is 0 Å². The van der Waals surface area contributed by atoms with Gasteiger partial charge in [-0.2, -0.15) is 9.97 Å². The molecule has 5 aromatic rings. The lowest BCUT2D eigenvalue weighted by Crippen LogP contribution is -2.06. The van der Waals surface area contributed by atoms with Crippen molar-refractivity contribution in [3.63, 3.8) is 0 Å². The van der Waals surface area contributed by atoms with Crippen molar-refractivity contribution in [2.24, 2.45) is 0 Å². The molecule has 5 rings (SSSR count). The summed E-state index contributed by atoms with van der Waals surface area (Å²) >= 11 is 0. The van der Waals surface area contributed by atoms with Crippen molar-refractivity contribution >= 4 is 45.2 Å². The average molecular weight is 486 g/mol. The van der Waals surface area contributed by atoms with Crippen LogP contribution in [0.15, 0.2) is 55.0 Å². The molecule has 0 spiro atoms. The molecule has 0 aliphatic carbocycles. The predicted molar refractivity (Wildman–Crippen MR) is 140 cm³/mol. The van der Waals surface area contributed by atoms with E-state index in [1.165, 1.54) is 0 Å². The summed E-state index contributed by atoms with van der Waals surface area (Å²) in [5.74, 6) is 2.54. The highest BCUT2D eigenvalue weighted by Crippen LogP contribution is 2.41. The Kier molecular flexibility index (Phi) is 6.16. The van der Waals surface area contributed by atoms with Gasteiger partial charge in [0.25, 0.3) is 0 Å². The Hall–Kier alpha value is -4.60. The molecule has 0 fully saturated rings. The Balaban J connectivity index is 1.59. The van der Waals surface area contributed by atoms with Crippen LogP contribution in [0.25, 0.3) is 22.1 Å². The number of rotatable bonds is 8. The lowest BCUT2D eigenvalue weighted by molar-refractivity contribution is 0.324. The summed E-state index contributed by atoms with van der Waals surface area (Å²) in [5, 5.41) is 7.72. The van der Waals surface area contributed by atoms with Gasteiger partial charge in [-0.25, -0.2) is 4.98 Å². The molecule has 0 aliphatic rings. The average Bonchev–Trinajstić information content (AvgIpc) is 3.32. The van der Waals surface area contributed by atoms with E-state index in [9.17, 15) is 0 Å². The lowest BCUT2D eigenvalue weighted by Gasteiger charge is -2.16. The van der Waals surface area contributed by atoms with E-state index in [2.05, 4.69) is 34.4 Å². The second-order valence-corrected chi connectivity index (χ2v) is 8.39.